The molecule has 3 aromatic rings. The highest BCUT2D eigenvalue weighted by Gasteiger charge is 2.20. The van der Waals surface area contributed by atoms with E-state index in [1.807, 2.05) is 37.3 Å². The monoisotopic (exact) mass is 344 g/mol. The van der Waals surface area contributed by atoms with Crippen LogP contribution < -0.4 is 10.2 Å². The number of aromatic nitrogens is 2. The van der Waals surface area contributed by atoms with Gasteiger partial charge in [-0.15, -0.1) is 0 Å². The molecule has 1 N–H and O–H groups in total. The minimum absolute atomic E-state index is 0.232. The smallest absolute Gasteiger partial charge is 0.274 e. The molecule has 0 saturated heterocycles. The molecule has 2 aromatic carbocycles. The maximum absolute atomic E-state index is 12.6. The van der Waals surface area contributed by atoms with Crippen LogP contribution in [0, 0.1) is 6.92 Å². The molecule has 5 nitrogen and oxygen atoms in total. The van der Waals surface area contributed by atoms with Crippen LogP contribution >= 0.6 is 0 Å². The van der Waals surface area contributed by atoms with Gasteiger partial charge >= 0.3 is 0 Å². The van der Waals surface area contributed by atoms with Crippen LogP contribution in [-0.2, 0) is 6.42 Å². The molecule has 0 bridgehead atoms. The van der Waals surface area contributed by atoms with E-state index >= 15 is 0 Å². The first kappa shape index (κ1) is 16.3. The number of aryl methyl sites for hydroxylation is 2. The van der Waals surface area contributed by atoms with Crippen molar-refractivity contribution in [3.63, 3.8) is 0 Å². The van der Waals surface area contributed by atoms with Crippen molar-refractivity contribution in [2.45, 2.75) is 19.8 Å². The fraction of sp³-hybridized carbons (Fsp3) is 0.190. The van der Waals surface area contributed by atoms with Gasteiger partial charge < -0.3 is 10.2 Å². The van der Waals surface area contributed by atoms with Gasteiger partial charge in [-0.05, 0) is 49.1 Å². The first-order chi connectivity index (χ1) is 12.7. The maximum Gasteiger partial charge on any atom is 0.274 e. The number of para-hydroxylation sites is 1. The molecular weight excluding hydrogens is 324 g/mol. The van der Waals surface area contributed by atoms with Crippen molar-refractivity contribution >= 4 is 23.1 Å². The number of rotatable bonds is 3. The van der Waals surface area contributed by atoms with E-state index in [1.54, 1.807) is 6.07 Å². The van der Waals surface area contributed by atoms with Gasteiger partial charge in [-0.2, -0.15) is 0 Å². The molecule has 0 atom stereocenters. The van der Waals surface area contributed by atoms with E-state index in [2.05, 4.69) is 38.4 Å². The summed E-state index contributed by atoms with van der Waals surface area (Å²) in [6, 6.07) is 17.8. The Bertz CT molecular complexity index is 954. The molecule has 0 spiro atoms. The second kappa shape index (κ2) is 6.96. The minimum Gasteiger partial charge on any atom is -0.326 e. The summed E-state index contributed by atoms with van der Waals surface area (Å²) in [7, 11) is 0. The number of amides is 1. The van der Waals surface area contributed by atoms with E-state index in [-0.39, 0.29) is 5.91 Å². The van der Waals surface area contributed by atoms with Gasteiger partial charge in [0.05, 0.1) is 0 Å². The summed E-state index contributed by atoms with van der Waals surface area (Å²) >= 11 is 0. The van der Waals surface area contributed by atoms with Crippen molar-refractivity contribution in [1.29, 1.82) is 0 Å². The van der Waals surface area contributed by atoms with Crippen LogP contribution in [-0.4, -0.2) is 22.4 Å². The van der Waals surface area contributed by atoms with Crippen LogP contribution in [0.2, 0.25) is 0 Å². The summed E-state index contributed by atoms with van der Waals surface area (Å²) in [5, 5.41) is 2.90. The number of carbonyl (C=O) groups is 1. The Hall–Kier alpha value is -3.21. The molecule has 130 valence electrons. The molecule has 0 radical (unpaired) electrons. The summed E-state index contributed by atoms with van der Waals surface area (Å²) < 4.78 is 0. The van der Waals surface area contributed by atoms with Gasteiger partial charge in [-0.1, -0.05) is 30.3 Å². The highest BCUT2D eigenvalue weighted by atomic mass is 16.1. The van der Waals surface area contributed by atoms with Crippen molar-refractivity contribution in [2.24, 2.45) is 0 Å². The zero-order chi connectivity index (χ0) is 17.9. The molecule has 26 heavy (non-hydrogen) atoms. The highest BCUT2D eigenvalue weighted by Crippen LogP contribution is 2.32. The van der Waals surface area contributed by atoms with Gasteiger partial charge in [-0.3, -0.25) is 4.79 Å². The SMILES string of the molecule is Cc1cccc(NC(=O)c2cc(N3CCCc4ccccc43)ncn2)c1. The second-order valence-electron chi connectivity index (χ2n) is 6.47. The van der Waals surface area contributed by atoms with Gasteiger partial charge in [0.1, 0.15) is 17.8 Å². The number of nitrogens with zero attached hydrogens (tertiary/aromatic N) is 3. The Morgan fingerprint density at radius 1 is 1.08 bits per heavy atom. The standard InChI is InChI=1S/C21H20N4O/c1-15-6-4-9-17(12-15)24-21(26)18-13-20(23-14-22-18)25-11-5-8-16-7-2-3-10-19(16)25/h2-4,6-7,9-10,12-14H,5,8,11H2,1H3,(H,24,26). The third-order valence-corrected chi connectivity index (χ3v) is 4.55. The lowest BCUT2D eigenvalue weighted by Crippen LogP contribution is -2.26. The molecule has 5 heteroatoms. The Kier molecular flexibility index (Phi) is 4.35. The number of hydrogen-bond acceptors (Lipinski definition) is 4. The number of benzene rings is 2. The molecule has 2 heterocycles. The highest BCUT2D eigenvalue weighted by molar-refractivity contribution is 6.03. The molecule has 1 amide bonds. The van der Waals surface area contributed by atoms with E-state index in [0.717, 1.165) is 42.1 Å². The first-order valence-electron chi connectivity index (χ1n) is 8.76. The second-order valence-corrected chi connectivity index (χ2v) is 6.47. The lowest BCUT2D eigenvalue weighted by atomic mass is 10.0. The van der Waals surface area contributed by atoms with Gasteiger partial charge in [0.15, 0.2) is 0 Å². The van der Waals surface area contributed by atoms with Crippen LogP contribution in [0.1, 0.15) is 28.0 Å². The van der Waals surface area contributed by atoms with Gasteiger partial charge in [0, 0.05) is 24.0 Å². The van der Waals surface area contributed by atoms with Crippen molar-refractivity contribution in [2.75, 3.05) is 16.8 Å². The summed E-state index contributed by atoms with van der Waals surface area (Å²) in [5.41, 5.74) is 4.68. The van der Waals surface area contributed by atoms with Crippen molar-refractivity contribution < 1.29 is 4.79 Å². The van der Waals surface area contributed by atoms with Gasteiger partial charge in [0.25, 0.3) is 5.91 Å². The molecule has 0 unspecified atom stereocenters. The molecule has 1 aliphatic heterocycles. The predicted octanol–water partition coefficient (Wildman–Crippen LogP) is 4.12. The fourth-order valence-corrected chi connectivity index (χ4v) is 3.31. The molecule has 0 saturated carbocycles. The van der Waals surface area contributed by atoms with Gasteiger partial charge in [0.2, 0.25) is 0 Å². The Morgan fingerprint density at radius 3 is 2.85 bits per heavy atom. The molecule has 4 rings (SSSR count). The van der Waals surface area contributed by atoms with E-state index in [0.29, 0.717) is 5.69 Å². The average molecular weight is 344 g/mol. The predicted molar refractivity (Wildman–Crippen MR) is 103 cm³/mol. The maximum atomic E-state index is 12.6. The van der Waals surface area contributed by atoms with E-state index < -0.39 is 0 Å². The number of carbonyl (C=O) groups excluding carboxylic acids is 1. The molecule has 0 aliphatic carbocycles. The Balaban J connectivity index is 1.60. The largest absolute Gasteiger partial charge is 0.326 e. The van der Waals surface area contributed by atoms with Crippen molar-refractivity contribution in [3.05, 3.63) is 77.7 Å². The minimum atomic E-state index is -0.232. The molecule has 1 aliphatic rings. The Morgan fingerprint density at radius 2 is 1.96 bits per heavy atom. The topological polar surface area (TPSA) is 58.1 Å². The van der Waals surface area contributed by atoms with Crippen molar-refractivity contribution in [3.8, 4) is 0 Å². The van der Waals surface area contributed by atoms with Crippen LogP contribution in [0.15, 0.2) is 60.9 Å². The summed E-state index contributed by atoms with van der Waals surface area (Å²) in [6.07, 6.45) is 3.59. The number of nitrogens with one attached hydrogen (secondary N) is 1. The van der Waals surface area contributed by atoms with E-state index in [9.17, 15) is 4.79 Å². The van der Waals surface area contributed by atoms with Crippen LogP contribution in [0.5, 0.6) is 0 Å². The summed E-state index contributed by atoms with van der Waals surface area (Å²) in [4.78, 5) is 23.3. The quantitative estimate of drug-likeness (QED) is 0.776. The zero-order valence-corrected chi connectivity index (χ0v) is 14.6. The van der Waals surface area contributed by atoms with E-state index in [4.69, 9.17) is 0 Å². The van der Waals surface area contributed by atoms with Gasteiger partial charge in [-0.25, -0.2) is 9.97 Å². The molecule has 1 aromatic heterocycles. The number of fused-ring (bicyclic) bond motifs is 1. The molecule has 0 fully saturated rings. The van der Waals surface area contributed by atoms with E-state index in [1.165, 1.54) is 11.9 Å². The van der Waals surface area contributed by atoms with Crippen LogP contribution in [0.25, 0.3) is 0 Å². The van der Waals surface area contributed by atoms with Crippen LogP contribution in [0.3, 0.4) is 0 Å². The number of hydrogen-bond donors (Lipinski definition) is 1. The Labute approximate surface area is 152 Å². The third-order valence-electron chi connectivity index (χ3n) is 4.55. The summed E-state index contributed by atoms with van der Waals surface area (Å²) in [5.74, 6) is 0.520. The average Bonchev–Trinajstić information content (AvgIpc) is 2.67. The molecular formula is C21H20N4O. The lowest BCUT2D eigenvalue weighted by Gasteiger charge is -2.30. The summed E-state index contributed by atoms with van der Waals surface area (Å²) in [6.45, 7) is 2.87. The lowest BCUT2D eigenvalue weighted by molar-refractivity contribution is 0.102. The fourth-order valence-electron chi connectivity index (χ4n) is 3.31. The zero-order valence-electron chi connectivity index (χ0n) is 14.6. The normalized spacial score (nSPS) is 13.2. The number of anilines is 3. The van der Waals surface area contributed by atoms with Crippen LogP contribution in [0.4, 0.5) is 17.2 Å². The van der Waals surface area contributed by atoms with Crippen molar-refractivity contribution in [1.82, 2.24) is 9.97 Å². The first-order valence-corrected chi connectivity index (χ1v) is 8.76. The third kappa shape index (κ3) is 3.28.